The van der Waals surface area contributed by atoms with Gasteiger partial charge in [0.15, 0.2) is 0 Å². The SMILES string of the molecule is Cc1c(C#N)ccc(CO)c1C(=O)O. The molecule has 0 atom stereocenters. The maximum Gasteiger partial charge on any atom is 0.336 e. The van der Waals surface area contributed by atoms with Crippen molar-refractivity contribution in [1.82, 2.24) is 0 Å². The van der Waals surface area contributed by atoms with E-state index in [0.29, 0.717) is 16.7 Å². The number of aromatic carboxylic acids is 1. The van der Waals surface area contributed by atoms with Crippen molar-refractivity contribution in [3.05, 3.63) is 34.4 Å². The Morgan fingerprint density at radius 1 is 1.57 bits per heavy atom. The molecule has 0 aliphatic carbocycles. The number of carbonyl (C=O) groups is 1. The quantitative estimate of drug-likeness (QED) is 0.732. The average molecular weight is 191 g/mol. The molecule has 14 heavy (non-hydrogen) atoms. The van der Waals surface area contributed by atoms with Crippen LogP contribution in [0.5, 0.6) is 0 Å². The fraction of sp³-hybridized carbons (Fsp3) is 0.200. The molecule has 0 fully saturated rings. The standard InChI is InChI=1S/C10H9NO3/c1-6-7(4-11)2-3-8(5-12)9(6)10(13)14/h2-3,12H,5H2,1H3,(H,13,14). The first-order chi connectivity index (χ1) is 6.61. The van der Waals surface area contributed by atoms with Crippen LogP contribution in [0, 0.1) is 18.3 Å². The lowest BCUT2D eigenvalue weighted by molar-refractivity contribution is 0.0692. The summed E-state index contributed by atoms with van der Waals surface area (Å²) in [4.78, 5) is 10.8. The van der Waals surface area contributed by atoms with Gasteiger partial charge in [-0.2, -0.15) is 5.26 Å². The van der Waals surface area contributed by atoms with Crippen LogP contribution in [0.4, 0.5) is 0 Å². The largest absolute Gasteiger partial charge is 0.478 e. The van der Waals surface area contributed by atoms with E-state index in [2.05, 4.69) is 0 Å². The van der Waals surface area contributed by atoms with Gasteiger partial charge in [-0.25, -0.2) is 4.79 Å². The van der Waals surface area contributed by atoms with Gasteiger partial charge in [-0.3, -0.25) is 0 Å². The van der Waals surface area contributed by atoms with Gasteiger partial charge in [0.1, 0.15) is 0 Å². The molecule has 0 aliphatic heterocycles. The van der Waals surface area contributed by atoms with Crippen molar-refractivity contribution < 1.29 is 15.0 Å². The highest BCUT2D eigenvalue weighted by Gasteiger charge is 2.15. The van der Waals surface area contributed by atoms with Crippen LogP contribution in [-0.2, 0) is 6.61 Å². The van der Waals surface area contributed by atoms with E-state index in [9.17, 15) is 4.79 Å². The molecule has 1 aromatic carbocycles. The molecular formula is C10H9NO3. The number of rotatable bonds is 2. The zero-order valence-corrected chi connectivity index (χ0v) is 7.61. The molecule has 0 radical (unpaired) electrons. The molecule has 0 spiro atoms. The molecule has 4 heteroatoms. The fourth-order valence-electron chi connectivity index (χ4n) is 1.32. The third-order valence-corrected chi connectivity index (χ3v) is 2.06. The van der Waals surface area contributed by atoms with E-state index in [1.54, 1.807) is 6.92 Å². The van der Waals surface area contributed by atoms with E-state index in [1.165, 1.54) is 12.1 Å². The van der Waals surface area contributed by atoms with Gasteiger partial charge in [-0.15, -0.1) is 0 Å². The molecule has 0 heterocycles. The van der Waals surface area contributed by atoms with Gasteiger partial charge in [0.2, 0.25) is 0 Å². The summed E-state index contributed by atoms with van der Waals surface area (Å²) in [5.41, 5.74) is 1.06. The lowest BCUT2D eigenvalue weighted by Crippen LogP contribution is -2.06. The Bertz CT molecular complexity index is 418. The van der Waals surface area contributed by atoms with Gasteiger partial charge < -0.3 is 10.2 Å². The Hall–Kier alpha value is -1.86. The number of aliphatic hydroxyl groups is 1. The van der Waals surface area contributed by atoms with Crippen LogP contribution in [-0.4, -0.2) is 16.2 Å². The number of nitrogens with zero attached hydrogens (tertiary/aromatic N) is 1. The number of nitriles is 1. The summed E-state index contributed by atoms with van der Waals surface area (Å²) < 4.78 is 0. The molecule has 0 saturated carbocycles. The molecule has 0 saturated heterocycles. The first kappa shape index (κ1) is 10.2. The minimum Gasteiger partial charge on any atom is -0.478 e. The topological polar surface area (TPSA) is 81.3 Å². The van der Waals surface area contributed by atoms with E-state index < -0.39 is 5.97 Å². The monoisotopic (exact) mass is 191 g/mol. The summed E-state index contributed by atoms with van der Waals surface area (Å²) in [5.74, 6) is -1.12. The van der Waals surface area contributed by atoms with Gasteiger partial charge in [0.05, 0.1) is 23.8 Å². The van der Waals surface area contributed by atoms with Crippen molar-refractivity contribution in [2.45, 2.75) is 13.5 Å². The third-order valence-electron chi connectivity index (χ3n) is 2.06. The van der Waals surface area contributed by atoms with Crippen LogP contribution in [0.3, 0.4) is 0 Å². The van der Waals surface area contributed by atoms with Gasteiger partial charge in [-0.1, -0.05) is 6.07 Å². The average Bonchev–Trinajstić information content (AvgIpc) is 2.16. The minimum atomic E-state index is -1.12. The number of carboxylic acids is 1. The fourth-order valence-corrected chi connectivity index (χ4v) is 1.32. The molecule has 0 amide bonds. The van der Waals surface area contributed by atoms with Crippen molar-refractivity contribution in [3.63, 3.8) is 0 Å². The van der Waals surface area contributed by atoms with Crippen molar-refractivity contribution >= 4 is 5.97 Å². The van der Waals surface area contributed by atoms with E-state index >= 15 is 0 Å². The number of aliphatic hydroxyl groups excluding tert-OH is 1. The molecule has 0 aromatic heterocycles. The normalized spacial score (nSPS) is 9.50. The second-order valence-electron chi connectivity index (χ2n) is 2.85. The van der Waals surface area contributed by atoms with Crippen LogP contribution >= 0.6 is 0 Å². The molecular weight excluding hydrogens is 182 g/mol. The minimum absolute atomic E-state index is 0.0200. The van der Waals surface area contributed by atoms with Crippen molar-refractivity contribution in [3.8, 4) is 6.07 Å². The number of hydrogen-bond acceptors (Lipinski definition) is 3. The second kappa shape index (κ2) is 3.90. The highest BCUT2D eigenvalue weighted by atomic mass is 16.4. The molecule has 2 N–H and O–H groups in total. The van der Waals surface area contributed by atoms with Gasteiger partial charge in [0.25, 0.3) is 0 Å². The Kier molecular flexibility index (Phi) is 2.85. The molecule has 0 unspecified atom stereocenters. The van der Waals surface area contributed by atoms with Gasteiger partial charge >= 0.3 is 5.97 Å². The van der Waals surface area contributed by atoms with Crippen molar-refractivity contribution in [2.75, 3.05) is 0 Å². The van der Waals surface area contributed by atoms with E-state index in [-0.39, 0.29) is 12.2 Å². The van der Waals surface area contributed by atoms with Crippen LogP contribution < -0.4 is 0 Å². The van der Waals surface area contributed by atoms with Crippen LogP contribution in [0.1, 0.15) is 27.0 Å². The lowest BCUT2D eigenvalue weighted by atomic mass is 9.98. The van der Waals surface area contributed by atoms with Gasteiger partial charge in [0, 0.05) is 0 Å². The number of carboxylic acid groups (broad SMARTS) is 1. The zero-order chi connectivity index (χ0) is 10.7. The molecule has 72 valence electrons. The maximum atomic E-state index is 10.8. The highest BCUT2D eigenvalue weighted by Crippen LogP contribution is 2.18. The Morgan fingerprint density at radius 3 is 2.64 bits per heavy atom. The summed E-state index contributed by atoms with van der Waals surface area (Å²) in [5, 5.41) is 26.5. The molecule has 4 nitrogen and oxygen atoms in total. The smallest absolute Gasteiger partial charge is 0.336 e. The summed E-state index contributed by atoms with van der Waals surface area (Å²) in [6, 6.07) is 4.86. The lowest BCUT2D eigenvalue weighted by Gasteiger charge is -2.07. The molecule has 0 aliphatic rings. The highest BCUT2D eigenvalue weighted by molar-refractivity contribution is 5.91. The van der Waals surface area contributed by atoms with Crippen molar-refractivity contribution in [1.29, 1.82) is 5.26 Å². The predicted molar refractivity (Wildman–Crippen MR) is 48.8 cm³/mol. The van der Waals surface area contributed by atoms with Crippen molar-refractivity contribution in [2.24, 2.45) is 0 Å². The molecule has 0 bridgehead atoms. The predicted octanol–water partition coefficient (Wildman–Crippen LogP) is 1.06. The van der Waals surface area contributed by atoms with E-state index in [0.717, 1.165) is 0 Å². The first-order valence-corrected chi connectivity index (χ1v) is 3.98. The molecule has 1 rings (SSSR count). The first-order valence-electron chi connectivity index (χ1n) is 3.98. The summed E-state index contributed by atoms with van der Waals surface area (Å²) >= 11 is 0. The number of hydrogen-bond donors (Lipinski definition) is 2. The van der Waals surface area contributed by atoms with Crippen LogP contribution in [0.15, 0.2) is 12.1 Å². The number of benzene rings is 1. The van der Waals surface area contributed by atoms with Crippen LogP contribution in [0.2, 0.25) is 0 Å². The van der Waals surface area contributed by atoms with E-state index in [1.807, 2.05) is 6.07 Å². The van der Waals surface area contributed by atoms with E-state index in [4.69, 9.17) is 15.5 Å². The Morgan fingerprint density at radius 2 is 2.21 bits per heavy atom. The maximum absolute atomic E-state index is 10.8. The summed E-state index contributed by atoms with van der Waals surface area (Å²) in [6.07, 6.45) is 0. The zero-order valence-electron chi connectivity index (χ0n) is 7.61. The third kappa shape index (κ3) is 1.58. The summed E-state index contributed by atoms with van der Waals surface area (Å²) in [6.45, 7) is 1.22. The Labute approximate surface area is 81.0 Å². The molecule has 1 aromatic rings. The Balaban J connectivity index is 3.49. The van der Waals surface area contributed by atoms with Gasteiger partial charge in [-0.05, 0) is 24.1 Å². The summed E-state index contributed by atoms with van der Waals surface area (Å²) in [7, 11) is 0. The second-order valence-corrected chi connectivity index (χ2v) is 2.85. The van der Waals surface area contributed by atoms with Crippen LogP contribution in [0.25, 0.3) is 0 Å².